The SMILES string of the molecule is COc1cccc(C2NNCC2C(=O)N2CCN(C)C3(CCN(C)CC3)C2)c1. The van der Waals surface area contributed by atoms with E-state index in [1.807, 2.05) is 18.2 Å². The van der Waals surface area contributed by atoms with Gasteiger partial charge in [-0.1, -0.05) is 12.1 Å². The number of hydrogen-bond acceptors (Lipinski definition) is 6. The second kappa shape index (κ2) is 7.99. The van der Waals surface area contributed by atoms with Crippen LogP contribution in [0.25, 0.3) is 0 Å². The molecular formula is C21H33N5O2. The Labute approximate surface area is 168 Å². The number of hydrogen-bond donors (Lipinski definition) is 2. The highest BCUT2D eigenvalue weighted by Crippen LogP contribution is 2.34. The Hall–Kier alpha value is -1.67. The van der Waals surface area contributed by atoms with Crippen molar-refractivity contribution < 1.29 is 9.53 Å². The molecule has 2 atom stereocenters. The second-order valence-electron chi connectivity index (χ2n) is 8.59. The number of nitrogens with one attached hydrogen (secondary N) is 2. The van der Waals surface area contributed by atoms with Gasteiger partial charge in [-0.25, -0.2) is 5.43 Å². The van der Waals surface area contributed by atoms with Crippen molar-refractivity contribution in [2.45, 2.75) is 24.4 Å². The van der Waals surface area contributed by atoms with Gasteiger partial charge in [0.05, 0.1) is 19.1 Å². The second-order valence-corrected chi connectivity index (χ2v) is 8.59. The van der Waals surface area contributed by atoms with Crippen molar-refractivity contribution in [3.8, 4) is 5.75 Å². The van der Waals surface area contributed by atoms with E-state index < -0.39 is 0 Å². The molecule has 0 bridgehead atoms. The molecule has 3 saturated heterocycles. The van der Waals surface area contributed by atoms with Gasteiger partial charge in [-0.3, -0.25) is 15.1 Å². The van der Waals surface area contributed by atoms with Crippen molar-refractivity contribution in [2.75, 3.05) is 60.5 Å². The molecule has 3 heterocycles. The van der Waals surface area contributed by atoms with Crippen LogP contribution < -0.4 is 15.6 Å². The molecule has 3 aliphatic rings. The van der Waals surface area contributed by atoms with Gasteiger partial charge < -0.3 is 14.5 Å². The lowest BCUT2D eigenvalue weighted by molar-refractivity contribution is -0.142. The summed E-state index contributed by atoms with van der Waals surface area (Å²) in [5.74, 6) is 0.984. The third-order valence-electron chi connectivity index (χ3n) is 6.98. The van der Waals surface area contributed by atoms with Gasteiger partial charge in [0, 0.05) is 31.7 Å². The zero-order valence-corrected chi connectivity index (χ0v) is 17.3. The van der Waals surface area contributed by atoms with E-state index in [0.29, 0.717) is 6.54 Å². The van der Waals surface area contributed by atoms with E-state index in [-0.39, 0.29) is 23.4 Å². The fourth-order valence-corrected chi connectivity index (χ4v) is 4.94. The molecule has 0 aliphatic carbocycles. The highest BCUT2D eigenvalue weighted by molar-refractivity contribution is 5.80. The molecule has 1 aromatic carbocycles. The summed E-state index contributed by atoms with van der Waals surface area (Å²) in [5.41, 5.74) is 7.74. The fraction of sp³-hybridized carbons (Fsp3) is 0.667. The summed E-state index contributed by atoms with van der Waals surface area (Å²) in [7, 11) is 6.09. The summed E-state index contributed by atoms with van der Waals surface area (Å²) in [5, 5.41) is 0. The van der Waals surface area contributed by atoms with Gasteiger partial charge in [-0.15, -0.1) is 0 Å². The first kappa shape index (κ1) is 19.6. The van der Waals surface area contributed by atoms with Gasteiger partial charge in [0.1, 0.15) is 5.75 Å². The van der Waals surface area contributed by atoms with Crippen molar-refractivity contribution in [2.24, 2.45) is 5.92 Å². The molecule has 1 aromatic rings. The number of piperidine rings is 1. The number of methoxy groups -OCH3 is 1. The van der Waals surface area contributed by atoms with Gasteiger partial charge in [-0.05, 0) is 57.7 Å². The number of hydrazine groups is 1. The quantitative estimate of drug-likeness (QED) is 0.796. The molecule has 0 aromatic heterocycles. The third-order valence-corrected chi connectivity index (χ3v) is 6.98. The Balaban J connectivity index is 1.50. The maximum absolute atomic E-state index is 13.5. The Bertz CT molecular complexity index is 704. The van der Waals surface area contributed by atoms with Crippen LogP contribution in [0.1, 0.15) is 24.4 Å². The van der Waals surface area contributed by atoms with Gasteiger partial charge in [-0.2, -0.15) is 0 Å². The normalized spacial score (nSPS) is 28.6. The van der Waals surface area contributed by atoms with E-state index in [1.165, 1.54) is 0 Å². The number of likely N-dealkylation sites (N-methyl/N-ethyl adjacent to an activating group) is 1. The van der Waals surface area contributed by atoms with Crippen molar-refractivity contribution in [1.29, 1.82) is 0 Å². The van der Waals surface area contributed by atoms with Crippen LogP contribution in [-0.2, 0) is 4.79 Å². The van der Waals surface area contributed by atoms with Crippen LogP contribution in [0.15, 0.2) is 24.3 Å². The van der Waals surface area contributed by atoms with E-state index in [1.54, 1.807) is 7.11 Å². The van der Waals surface area contributed by atoms with Crippen LogP contribution in [-0.4, -0.2) is 86.6 Å². The molecule has 3 aliphatic heterocycles. The van der Waals surface area contributed by atoms with Gasteiger partial charge in [0.15, 0.2) is 0 Å². The monoisotopic (exact) mass is 387 g/mol. The Morgan fingerprint density at radius 3 is 2.71 bits per heavy atom. The maximum atomic E-state index is 13.5. The van der Waals surface area contributed by atoms with Crippen LogP contribution in [0.4, 0.5) is 0 Å². The summed E-state index contributed by atoms with van der Waals surface area (Å²) in [6.07, 6.45) is 2.26. The van der Waals surface area contributed by atoms with Gasteiger partial charge in [0.25, 0.3) is 0 Å². The Morgan fingerprint density at radius 1 is 1.18 bits per heavy atom. The van der Waals surface area contributed by atoms with E-state index in [9.17, 15) is 4.79 Å². The van der Waals surface area contributed by atoms with Crippen LogP contribution >= 0.6 is 0 Å². The lowest BCUT2D eigenvalue weighted by Gasteiger charge is -2.53. The third kappa shape index (κ3) is 3.64. The van der Waals surface area contributed by atoms with E-state index >= 15 is 0 Å². The zero-order valence-electron chi connectivity index (χ0n) is 17.3. The topological polar surface area (TPSA) is 60.1 Å². The Morgan fingerprint density at radius 2 is 1.96 bits per heavy atom. The first-order chi connectivity index (χ1) is 13.5. The summed E-state index contributed by atoms with van der Waals surface area (Å²) < 4.78 is 5.37. The summed E-state index contributed by atoms with van der Waals surface area (Å²) in [6.45, 7) is 5.47. The smallest absolute Gasteiger partial charge is 0.229 e. The molecule has 1 amide bonds. The molecule has 4 rings (SSSR count). The van der Waals surface area contributed by atoms with Crippen molar-refractivity contribution in [3.05, 3.63) is 29.8 Å². The number of amides is 1. The molecule has 7 heteroatoms. The Kier molecular flexibility index (Phi) is 5.60. The average molecular weight is 388 g/mol. The van der Waals surface area contributed by atoms with E-state index in [4.69, 9.17) is 4.74 Å². The molecular weight excluding hydrogens is 354 g/mol. The first-order valence-electron chi connectivity index (χ1n) is 10.3. The van der Waals surface area contributed by atoms with Crippen LogP contribution in [0.5, 0.6) is 5.75 Å². The molecule has 1 spiro atoms. The van der Waals surface area contributed by atoms with Gasteiger partial charge >= 0.3 is 0 Å². The number of piperazine rings is 1. The fourth-order valence-electron chi connectivity index (χ4n) is 4.94. The molecule has 0 radical (unpaired) electrons. The molecule has 154 valence electrons. The molecule has 7 nitrogen and oxygen atoms in total. The minimum Gasteiger partial charge on any atom is -0.497 e. The summed E-state index contributed by atoms with van der Waals surface area (Å²) >= 11 is 0. The predicted molar refractivity (Wildman–Crippen MR) is 109 cm³/mol. The molecule has 28 heavy (non-hydrogen) atoms. The number of ether oxygens (including phenoxy) is 1. The first-order valence-corrected chi connectivity index (χ1v) is 10.3. The van der Waals surface area contributed by atoms with Crippen LogP contribution in [0.2, 0.25) is 0 Å². The van der Waals surface area contributed by atoms with Crippen LogP contribution in [0, 0.1) is 5.92 Å². The number of nitrogens with zero attached hydrogens (tertiary/aromatic N) is 3. The highest BCUT2D eigenvalue weighted by Gasteiger charge is 2.45. The minimum atomic E-state index is -0.0983. The van der Waals surface area contributed by atoms with Crippen molar-refractivity contribution >= 4 is 5.91 Å². The average Bonchev–Trinajstić information content (AvgIpc) is 3.21. The number of carbonyl (C=O) groups excluding carboxylic acids is 1. The van der Waals surface area contributed by atoms with Gasteiger partial charge in [0.2, 0.25) is 5.91 Å². The molecule has 0 saturated carbocycles. The van der Waals surface area contributed by atoms with Crippen molar-refractivity contribution in [1.82, 2.24) is 25.6 Å². The minimum absolute atomic E-state index is 0.0318. The number of benzene rings is 1. The van der Waals surface area contributed by atoms with Crippen molar-refractivity contribution in [3.63, 3.8) is 0 Å². The van der Waals surface area contributed by atoms with E-state index in [0.717, 1.165) is 56.9 Å². The molecule has 2 N–H and O–H groups in total. The van der Waals surface area contributed by atoms with E-state index in [2.05, 4.69) is 45.7 Å². The van der Waals surface area contributed by atoms with Crippen LogP contribution in [0.3, 0.4) is 0 Å². The largest absolute Gasteiger partial charge is 0.497 e. The molecule has 2 unspecified atom stereocenters. The predicted octanol–water partition coefficient (Wildman–Crippen LogP) is 0.699. The summed E-state index contributed by atoms with van der Waals surface area (Å²) in [4.78, 5) is 20.5. The zero-order chi connectivity index (χ0) is 19.7. The number of likely N-dealkylation sites (tertiary alicyclic amines) is 1. The lowest BCUT2D eigenvalue weighted by Crippen LogP contribution is -2.65. The number of rotatable bonds is 3. The maximum Gasteiger partial charge on any atom is 0.229 e. The number of carbonyl (C=O) groups is 1. The molecule has 3 fully saturated rings. The highest BCUT2D eigenvalue weighted by atomic mass is 16.5. The standard InChI is InChI=1S/C21H33N5O2/c1-24-9-7-21(8-10-24)15-26(12-11-25(21)2)20(27)18-14-22-23-19(18)16-5-4-6-17(13-16)28-3/h4-6,13,18-19,22-23H,7-12,14-15H2,1-3H3. The summed E-state index contributed by atoms with van der Waals surface area (Å²) in [6, 6.07) is 7.98. The lowest BCUT2D eigenvalue weighted by atomic mass is 9.83.